The van der Waals surface area contributed by atoms with E-state index in [1.165, 1.54) is 0 Å². The molecule has 2 aromatic carbocycles. The lowest BCUT2D eigenvalue weighted by molar-refractivity contribution is 0.251. The second kappa shape index (κ2) is 7.03. The number of rotatable bonds is 5. The van der Waals surface area contributed by atoms with Crippen molar-refractivity contribution in [2.24, 2.45) is 10.4 Å². The molecule has 0 bridgehead atoms. The average molecular weight is 401 g/mol. The monoisotopic (exact) mass is 401 g/mol. The second-order valence-corrected chi connectivity index (χ2v) is 6.94. The van der Waals surface area contributed by atoms with Crippen LogP contribution in [0.25, 0.3) is 22.2 Å². The topological polar surface area (TPSA) is 130 Å². The molecule has 1 aliphatic rings. The number of H-pyrrole nitrogens is 1. The van der Waals surface area contributed by atoms with Crippen molar-refractivity contribution in [3.63, 3.8) is 0 Å². The molecule has 9 nitrogen and oxygen atoms in total. The first-order valence-corrected chi connectivity index (χ1v) is 9.24. The fraction of sp³-hybridized carbons (Fsp3) is 0.143. The Balaban J connectivity index is 1.87. The molecule has 2 aromatic heterocycles. The molecule has 5 rings (SSSR count). The van der Waals surface area contributed by atoms with Crippen molar-refractivity contribution in [3.8, 4) is 22.6 Å². The van der Waals surface area contributed by atoms with E-state index >= 15 is 0 Å². The molecule has 9 heteroatoms. The number of nitrogens with zero attached hydrogens (tertiary/aromatic N) is 4. The highest BCUT2D eigenvalue weighted by Crippen LogP contribution is 2.47. The van der Waals surface area contributed by atoms with Gasteiger partial charge in [-0.25, -0.2) is 0 Å². The molecule has 0 aliphatic carbocycles. The van der Waals surface area contributed by atoms with Crippen LogP contribution in [0.15, 0.2) is 59.0 Å². The summed E-state index contributed by atoms with van der Waals surface area (Å²) in [5.41, 5.74) is 4.51. The Bertz CT molecular complexity index is 1280. The lowest BCUT2D eigenvalue weighted by atomic mass is 9.93. The molecule has 0 spiro atoms. The van der Waals surface area contributed by atoms with E-state index in [1.807, 2.05) is 0 Å². The van der Waals surface area contributed by atoms with Gasteiger partial charge in [-0.05, 0) is 29.3 Å². The van der Waals surface area contributed by atoms with Gasteiger partial charge in [0.2, 0.25) is 0 Å². The summed E-state index contributed by atoms with van der Waals surface area (Å²) >= 11 is 0. The molecule has 1 unspecified atom stereocenters. The molecule has 3 heterocycles. The number of nitroso groups, excluding NO2 is 2. The molecule has 0 amide bonds. The number of benzene rings is 2. The van der Waals surface area contributed by atoms with Gasteiger partial charge in [-0.15, -0.1) is 5.10 Å². The number of fused-ring (bicyclic) bond motifs is 2. The summed E-state index contributed by atoms with van der Waals surface area (Å²) in [7, 11) is 0. The first-order chi connectivity index (χ1) is 14.7. The van der Waals surface area contributed by atoms with E-state index in [9.17, 15) is 14.9 Å². The van der Waals surface area contributed by atoms with Gasteiger partial charge in [-0.2, -0.15) is 14.9 Å². The minimum atomic E-state index is -0.514. The Labute approximate surface area is 169 Å². The largest absolute Gasteiger partial charge is 0.508 e. The van der Waals surface area contributed by atoms with Gasteiger partial charge in [0.1, 0.15) is 24.6 Å². The molecule has 0 saturated heterocycles. The fourth-order valence-electron chi connectivity index (χ4n) is 3.97. The summed E-state index contributed by atoms with van der Waals surface area (Å²) in [6, 6.07) is 12.1. The van der Waals surface area contributed by atoms with Crippen molar-refractivity contribution in [1.82, 2.24) is 15.2 Å². The zero-order valence-corrected chi connectivity index (χ0v) is 15.6. The van der Waals surface area contributed by atoms with Crippen LogP contribution in [0.1, 0.15) is 28.5 Å². The Hall–Kier alpha value is -4.14. The summed E-state index contributed by atoms with van der Waals surface area (Å²) in [4.78, 5) is 25.3. The van der Waals surface area contributed by atoms with Gasteiger partial charge in [0.05, 0.1) is 5.69 Å². The Morgan fingerprint density at radius 3 is 2.57 bits per heavy atom. The third kappa shape index (κ3) is 2.71. The first-order valence-electron chi connectivity index (χ1n) is 9.24. The summed E-state index contributed by atoms with van der Waals surface area (Å²) in [6.45, 7) is -0.233. The standard InChI is InChI=1S/C21H15N5O4/c27-13-6-4-11(5-7-13)20-14-9-22-21-18(14)19(15(10-24-29)25-26-21)17-12(8-23-28)2-1-3-16(17)30-20/h1-7,9,20,27H,8,10H2,(H,22,26). The smallest absolute Gasteiger partial charge is 0.161 e. The molecule has 2 N–H and O–H groups in total. The van der Waals surface area contributed by atoms with Gasteiger partial charge in [-0.1, -0.05) is 34.6 Å². The number of aromatic hydroxyl groups is 1. The molecule has 148 valence electrons. The van der Waals surface area contributed by atoms with Crippen LogP contribution in [-0.2, 0) is 13.1 Å². The number of phenols is 1. The van der Waals surface area contributed by atoms with Crippen LogP contribution in [0.5, 0.6) is 11.5 Å². The fourth-order valence-corrected chi connectivity index (χ4v) is 3.97. The van der Waals surface area contributed by atoms with Crippen LogP contribution in [-0.4, -0.2) is 20.3 Å². The third-order valence-electron chi connectivity index (χ3n) is 5.23. The number of hydrogen-bond acceptors (Lipinski definition) is 8. The average Bonchev–Trinajstić information content (AvgIpc) is 3.11. The third-order valence-corrected chi connectivity index (χ3v) is 5.23. The SMILES string of the molecule is O=NCc1cccc2c1-c1c(CN=O)nnc3[nH]cc(c13)C(c1ccc(O)cc1)O2. The number of phenolic OH excluding ortho intramolecular Hbond substituents is 1. The zero-order valence-electron chi connectivity index (χ0n) is 15.6. The van der Waals surface area contributed by atoms with Crippen LogP contribution in [0.4, 0.5) is 0 Å². The molecule has 0 fully saturated rings. The number of aromatic amines is 1. The minimum absolute atomic E-state index is 0.0616. The second-order valence-electron chi connectivity index (χ2n) is 6.94. The zero-order chi connectivity index (χ0) is 20.7. The Morgan fingerprint density at radius 1 is 1.00 bits per heavy atom. The molecule has 1 aliphatic heterocycles. The lowest BCUT2D eigenvalue weighted by Gasteiger charge is -2.19. The van der Waals surface area contributed by atoms with E-state index in [2.05, 4.69) is 25.5 Å². The van der Waals surface area contributed by atoms with Crippen LogP contribution in [0.2, 0.25) is 0 Å². The molecule has 0 saturated carbocycles. The van der Waals surface area contributed by atoms with Crippen LogP contribution < -0.4 is 4.74 Å². The van der Waals surface area contributed by atoms with E-state index < -0.39 is 6.10 Å². The number of ether oxygens (including phenoxy) is 1. The molecular formula is C21H15N5O4. The Kier molecular flexibility index (Phi) is 4.20. The van der Waals surface area contributed by atoms with Crippen LogP contribution in [0, 0.1) is 9.81 Å². The summed E-state index contributed by atoms with van der Waals surface area (Å²) in [5, 5.41) is 24.9. The van der Waals surface area contributed by atoms with Crippen molar-refractivity contribution in [1.29, 1.82) is 0 Å². The highest BCUT2D eigenvalue weighted by atomic mass is 16.5. The van der Waals surface area contributed by atoms with E-state index in [0.717, 1.165) is 16.5 Å². The van der Waals surface area contributed by atoms with Crippen molar-refractivity contribution < 1.29 is 9.84 Å². The van der Waals surface area contributed by atoms with E-state index in [4.69, 9.17) is 4.74 Å². The maximum atomic E-state index is 11.1. The molecule has 0 radical (unpaired) electrons. The van der Waals surface area contributed by atoms with Crippen LogP contribution >= 0.6 is 0 Å². The van der Waals surface area contributed by atoms with E-state index in [0.29, 0.717) is 33.8 Å². The van der Waals surface area contributed by atoms with Crippen molar-refractivity contribution >= 4 is 11.0 Å². The first kappa shape index (κ1) is 17.9. The summed E-state index contributed by atoms with van der Waals surface area (Å²) < 4.78 is 6.42. The summed E-state index contributed by atoms with van der Waals surface area (Å²) in [6.07, 6.45) is 1.28. The quantitative estimate of drug-likeness (QED) is 0.478. The van der Waals surface area contributed by atoms with Gasteiger partial charge in [-0.3, -0.25) is 0 Å². The predicted octanol–water partition coefficient (Wildman–Crippen LogP) is 4.35. The molecule has 30 heavy (non-hydrogen) atoms. The van der Waals surface area contributed by atoms with Crippen molar-refractivity contribution in [3.05, 3.63) is 80.9 Å². The highest BCUT2D eigenvalue weighted by molar-refractivity contribution is 6.00. The van der Waals surface area contributed by atoms with E-state index in [-0.39, 0.29) is 18.8 Å². The summed E-state index contributed by atoms with van der Waals surface area (Å²) in [5.74, 6) is 0.684. The van der Waals surface area contributed by atoms with Gasteiger partial charge in [0.25, 0.3) is 0 Å². The number of hydrogen-bond donors (Lipinski definition) is 2. The molecule has 1 atom stereocenters. The van der Waals surface area contributed by atoms with Crippen LogP contribution in [0.3, 0.4) is 0 Å². The molecule has 4 aromatic rings. The minimum Gasteiger partial charge on any atom is -0.508 e. The maximum absolute atomic E-state index is 11.1. The predicted molar refractivity (Wildman–Crippen MR) is 109 cm³/mol. The van der Waals surface area contributed by atoms with Crippen molar-refractivity contribution in [2.45, 2.75) is 19.2 Å². The van der Waals surface area contributed by atoms with Gasteiger partial charge in [0, 0.05) is 28.3 Å². The van der Waals surface area contributed by atoms with Gasteiger partial charge in [0.15, 0.2) is 11.8 Å². The highest BCUT2D eigenvalue weighted by Gasteiger charge is 2.31. The Morgan fingerprint density at radius 2 is 1.80 bits per heavy atom. The normalized spacial score (nSPS) is 14.6. The van der Waals surface area contributed by atoms with Crippen molar-refractivity contribution in [2.75, 3.05) is 0 Å². The number of aromatic nitrogens is 3. The van der Waals surface area contributed by atoms with Gasteiger partial charge >= 0.3 is 0 Å². The lowest BCUT2D eigenvalue weighted by Crippen LogP contribution is -2.08. The number of nitrogens with one attached hydrogen (secondary N) is 1. The van der Waals surface area contributed by atoms with Gasteiger partial charge < -0.3 is 14.8 Å². The molecular weight excluding hydrogens is 386 g/mol. The van der Waals surface area contributed by atoms with E-state index in [1.54, 1.807) is 48.7 Å². The maximum Gasteiger partial charge on any atom is 0.161 e.